The number of hydrogen-bond donors (Lipinski definition) is 0. The van der Waals surface area contributed by atoms with E-state index in [0.717, 1.165) is 0 Å². The van der Waals surface area contributed by atoms with Crippen LogP contribution in [0, 0.1) is 5.21 Å². The molecule has 0 saturated heterocycles. The molecule has 0 unspecified atom stereocenters. The van der Waals surface area contributed by atoms with Crippen LogP contribution >= 0.6 is 0 Å². The van der Waals surface area contributed by atoms with Crippen molar-refractivity contribution in [2.75, 3.05) is 14.2 Å². The summed E-state index contributed by atoms with van der Waals surface area (Å²) in [6.45, 7) is 0. The molecule has 5 heteroatoms. The molecule has 1 rings (SSSR count). The Kier molecular flexibility index (Phi) is 2.10. The highest BCUT2D eigenvalue weighted by Crippen LogP contribution is 2.19. The lowest BCUT2D eigenvalue weighted by atomic mass is 10.5. The highest BCUT2D eigenvalue weighted by molar-refractivity contribution is 5.29. The zero-order chi connectivity index (χ0) is 8.27. The van der Waals surface area contributed by atoms with Crippen LogP contribution in [-0.2, 0) is 0 Å². The van der Waals surface area contributed by atoms with Crippen molar-refractivity contribution in [2.45, 2.75) is 0 Å². The van der Waals surface area contributed by atoms with Gasteiger partial charge in [-0.05, 0) is 0 Å². The quantitative estimate of drug-likeness (QED) is 0.437. The predicted molar refractivity (Wildman–Crippen MR) is 36.3 cm³/mol. The van der Waals surface area contributed by atoms with Crippen molar-refractivity contribution < 1.29 is 14.3 Å². The predicted octanol–water partition coefficient (Wildman–Crippen LogP) is -0.268. The van der Waals surface area contributed by atoms with E-state index in [2.05, 4.69) is 5.10 Å². The summed E-state index contributed by atoms with van der Waals surface area (Å²) in [6, 6.07) is 1.48. The average Bonchev–Trinajstić information content (AvgIpc) is 2.04. The van der Waals surface area contributed by atoms with Gasteiger partial charge in [0.2, 0.25) is 6.20 Å². The minimum Gasteiger partial charge on any atom is -0.594 e. The van der Waals surface area contributed by atoms with Gasteiger partial charge in [0.15, 0.2) is 5.75 Å². The van der Waals surface area contributed by atoms with Crippen LogP contribution in [0.5, 0.6) is 11.6 Å². The van der Waals surface area contributed by atoms with Crippen molar-refractivity contribution in [1.82, 2.24) is 5.10 Å². The van der Waals surface area contributed by atoms with E-state index in [1.165, 1.54) is 26.5 Å². The minimum atomic E-state index is 0.185. The molecule has 0 bridgehead atoms. The van der Waals surface area contributed by atoms with Crippen molar-refractivity contribution in [1.29, 1.82) is 0 Å². The second-order valence-corrected chi connectivity index (χ2v) is 1.80. The van der Waals surface area contributed by atoms with Gasteiger partial charge in [0.25, 0.3) is 0 Å². The Morgan fingerprint density at radius 3 is 2.73 bits per heavy atom. The molecule has 0 radical (unpaired) electrons. The zero-order valence-electron chi connectivity index (χ0n) is 6.27. The van der Waals surface area contributed by atoms with E-state index >= 15 is 0 Å². The molecule has 0 aliphatic rings. The van der Waals surface area contributed by atoms with Crippen molar-refractivity contribution in [3.8, 4) is 11.6 Å². The van der Waals surface area contributed by atoms with E-state index < -0.39 is 0 Å². The summed E-state index contributed by atoms with van der Waals surface area (Å²) in [5.74, 6) is 0.629. The lowest BCUT2D eigenvalue weighted by molar-refractivity contribution is -0.669. The van der Waals surface area contributed by atoms with Gasteiger partial charge < -0.3 is 14.7 Å². The molecule has 0 aromatic carbocycles. The maximum Gasteiger partial charge on any atom is 0.323 e. The average molecular weight is 156 g/mol. The molecule has 0 amide bonds. The van der Waals surface area contributed by atoms with Gasteiger partial charge in [0, 0.05) is 0 Å². The van der Waals surface area contributed by atoms with Crippen LogP contribution in [0.15, 0.2) is 12.3 Å². The smallest absolute Gasteiger partial charge is 0.323 e. The fraction of sp³-hybridized carbons (Fsp3) is 0.333. The number of aromatic nitrogens is 2. The Bertz CT molecular complexity index is 252. The van der Waals surface area contributed by atoms with Gasteiger partial charge in [0.1, 0.15) is 0 Å². The summed E-state index contributed by atoms with van der Waals surface area (Å²) in [4.78, 5) is 0.404. The van der Waals surface area contributed by atoms with Gasteiger partial charge in [-0.2, -0.15) is 0 Å². The summed E-state index contributed by atoms with van der Waals surface area (Å²) >= 11 is 0. The maximum absolute atomic E-state index is 10.6. The number of ether oxygens (including phenoxy) is 2. The van der Waals surface area contributed by atoms with Crippen LogP contribution in [-0.4, -0.2) is 19.3 Å². The van der Waals surface area contributed by atoms with Crippen LogP contribution in [0.4, 0.5) is 0 Å². The van der Waals surface area contributed by atoms with Gasteiger partial charge in [-0.3, -0.25) is 0 Å². The molecule has 1 aromatic rings. The number of rotatable bonds is 2. The Labute approximate surface area is 63.8 Å². The number of hydrogen-bond acceptors (Lipinski definition) is 4. The minimum absolute atomic E-state index is 0.185. The third-order valence-corrected chi connectivity index (χ3v) is 1.17. The lowest BCUT2D eigenvalue weighted by Crippen LogP contribution is -2.30. The summed E-state index contributed by atoms with van der Waals surface area (Å²) in [6.07, 6.45) is 1.24. The van der Waals surface area contributed by atoms with Crippen molar-refractivity contribution in [3.05, 3.63) is 17.5 Å². The SMILES string of the molecule is COc1cc[n+]([O-])nc1OC. The number of methoxy groups -OCH3 is 2. The first-order valence-corrected chi connectivity index (χ1v) is 2.96. The van der Waals surface area contributed by atoms with E-state index in [9.17, 15) is 5.21 Å². The van der Waals surface area contributed by atoms with Gasteiger partial charge in [-0.25, -0.2) is 0 Å². The van der Waals surface area contributed by atoms with Crippen LogP contribution in [0.1, 0.15) is 0 Å². The van der Waals surface area contributed by atoms with Gasteiger partial charge in [-0.1, -0.05) is 4.85 Å². The van der Waals surface area contributed by atoms with E-state index in [1.54, 1.807) is 0 Å². The molecule has 0 N–H and O–H groups in total. The fourth-order valence-corrected chi connectivity index (χ4v) is 0.672. The van der Waals surface area contributed by atoms with E-state index in [-0.39, 0.29) is 5.88 Å². The molecule has 5 nitrogen and oxygen atoms in total. The first kappa shape index (κ1) is 7.59. The fourth-order valence-electron chi connectivity index (χ4n) is 0.672. The molecule has 0 aliphatic heterocycles. The third kappa shape index (κ3) is 1.49. The largest absolute Gasteiger partial charge is 0.594 e. The molecular weight excluding hydrogens is 148 g/mol. The van der Waals surface area contributed by atoms with Crippen LogP contribution in [0.2, 0.25) is 0 Å². The molecule has 1 aromatic heterocycles. The van der Waals surface area contributed by atoms with E-state index in [4.69, 9.17) is 9.47 Å². The Balaban J connectivity index is 3.06. The van der Waals surface area contributed by atoms with Crippen LogP contribution < -0.4 is 14.3 Å². The Morgan fingerprint density at radius 1 is 1.45 bits per heavy atom. The molecule has 0 atom stereocenters. The standard InChI is InChI=1S/C6H8N2O3/c1-10-5-3-4-8(9)7-6(5)11-2/h3-4H,1-2H3. The Hall–Kier alpha value is -1.52. The summed E-state index contributed by atoms with van der Waals surface area (Å²) in [5.41, 5.74) is 0. The highest BCUT2D eigenvalue weighted by Gasteiger charge is 2.07. The monoisotopic (exact) mass is 156 g/mol. The molecule has 0 aliphatic carbocycles. The van der Waals surface area contributed by atoms with Crippen LogP contribution in [0.25, 0.3) is 0 Å². The first-order valence-electron chi connectivity index (χ1n) is 2.96. The van der Waals surface area contributed by atoms with Crippen molar-refractivity contribution in [2.24, 2.45) is 0 Å². The van der Waals surface area contributed by atoms with Crippen molar-refractivity contribution >= 4 is 0 Å². The highest BCUT2D eigenvalue weighted by atomic mass is 16.5. The van der Waals surface area contributed by atoms with Gasteiger partial charge >= 0.3 is 5.88 Å². The normalized spacial score (nSPS) is 9.27. The Morgan fingerprint density at radius 2 is 2.18 bits per heavy atom. The molecular formula is C6H8N2O3. The van der Waals surface area contributed by atoms with Crippen LogP contribution in [0.3, 0.4) is 0 Å². The molecule has 1 heterocycles. The van der Waals surface area contributed by atoms with E-state index in [1.807, 2.05) is 0 Å². The second kappa shape index (κ2) is 3.05. The summed E-state index contributed by atoms with van der Waals surface area (Å²) in [5, 5.41) is 14.1. The molecule has 60 valence electrons. The zero-order valence-corrected chi connectivity index (χ0v) is 6.27. The molecule has 0 saturated carbocycles. The molecule has 0 spiro atoms. The summed E-state index contributed by atoms with van der Waals surface area (Å²) < 4.78 is 9.61. The maximum atomic E-state index is 10.6. The van der Waals surface area contributed by atoms with Crippen molar-refractivity contribution in [3.63, 3.8) is 0 Å². The lowest BCUT2D eigenvalue weighted by Gasteiger charge is -2.02. The third-order valence-electron chi connectivity index (χ3n) is 1.17. The first-order chi connectivity index (χ1) is 5.27. The van der Waals surface area contributed by atoms with E-state index in [0.29, 0.717) is 10.6 Å². The van der Waals surface area contributed by atoms with Gasteiger partial charge in [0.05, 0.1) is 25.4 Å². The number of nitrogens with zero attached hydrogens (tertiary/aromatic N) is 2. The molecule has 0 fully saturated rings. The summed E-state index contributed by atoms with van der Waals surface area (Å²) in [7, 11) is 2.90. The second-order valence-electron chi connectivity index (χ2n) is 1.80. The topological polar surface area (TPSA) is 58.3 Å². The molecule has 11 heavy (non-hydrogen) atoms. The van der Waals surface area contributed by atoms with Gasteiger partial charge in [-0.15, -0.1) is 0 Å².